The summed E-state index contributed by atoms with van der Waals surface area (Å²) in [5.74, 6) is -1.14. The molecule has 0 aromatic carbocycles. The number of amides is 1. The minimum absolute atomic E-state index is 0.00980. The first-order valence-corrected chi connectivity index (χ1v) is 5.92. The number of aliphatic carboxylic acids is 1. The number of carbonyl (C=O) groups is 2. The van der Waals surface area contributed by atoms with E-state index in [2.05, 4.69) is 19.2 Å². The van der Waals surface area contributed by atoms with E-state index < -0.39 is 12.1 Å². The highest BCUT2D eigenvalue weighted by Crippen LogP contribution is 2.42. The van der Waals surface area contributed by atoms with Crippen LogP contribution in [0.2, 0.25) is 0 Å². The Morgan fingerprint density at radius 1 is 1.53 bits per heavy atom. The minimum Gasteiger partial charge on any atom is -0.479 e. The van der Waals surface area contributed by atoms with Crippen LogP contribution in [-0.4, -0.2) is 36.7 Å². The van der Waals surface area contributed by atoms with Gasteiger partial charge in [0.15, 0.2) is 6.10 Å². The topological polar surface area (TPSA) is 75.6 Å². The van der Waals surface area contributed by atoms with Crippen molar-refractivity contribution in [2.75, 3.05) is 13.7 Å². The molecule has 2 N–H and O–H groups in total. The first-order valence-electron chi connectivity index (χ1n) is 5.92. The Balaban J connectivity index is 2.47. The number of hydrogen-bond donors (Lipinski definition) is 2. The van der Waals surface area contributed by atoms with Gasteiger partial charge in [0.2, 0.25) is 5.91 Å². The molecule has 0 aromatic heterocycles. The molecule has 1 aliphatic carbocycles. The largest absolute Gasteiger partial charge is 0.479 e. The molecule has 2 atom stereocenters. The van der Waals surface area contributed by atoms with Crippen molar-refractivity contribution in [3.8, 4) is 0 Å². The lowest BCUT2D eigenvalue weighted by atomic mass is 9.81. The number of rotatable bonds is 5. The molecule has 2 unspecified atom stereocenters. The molecular weight excluding hydrogens is 222 g/mol. The number of methoxy groups -OCH3 is 1. The van der Waals surface area contributed by atoms with E-state index in [0.717, 1.165) is 19.3 Å². The number of carboxylic acid groups (broad SMARTS) is 1. The third kappa shape index (κ3) is 3.43. The maximum absolute atomic E-state index is 11.9. The Labute approximate surface area is 102 Å². The third-order valence-corrected chi connectivity index (χ3v) is 3.60. The molecule has 5 heteroatoms. The van der Waals surface area contributed by atoms with Gasteiger partial charge in [-0.2, -0.15) is 0 Å². The molecule has 17 heavy (non-hydrogen) atoms. The molecule has 0 aromatic rings. The molecule has 1 amide bonds. The van der Waals surface area contributed by atoms with Crippen LogP contribution >= 0.6 is 0 Å². The average molecular weight is 243 g/mol. The van der Waals surface area contributed by atoms with E-state index >= 15 is 0 Å². The molecule has 0 saturated heterocycles. The summed E-state index contributed by atoms with van der Waals surface area (Å²) >= 11 is 0. The van der Waals surface area contributed by atoms with Gasteiger partial charge < -0.3 is 15.2 Å². The quantitative estimate of drug-likeness (QED) is 0.756. The molecule has 1 aliphatic rings. The van der Waals surface area contributed by atoms with Crippen molar-refractivity contribution >= 4 is 11.9 Å². The Morgan fingerprint density at radius 2 is 2.18 bits per heavy atom. The van der Waals surface area contributed by atoms with E-state index in [-0.39, 0.29) is 23.8 Å². The second-order valence-corrected chi connectivity index (χ2v) is 5.24. The van der Waals surface area contributed by atoms with E-state index in [0.29, 0.717) is 0 Å². The third-order valence-electron chi connectivity index (χ3n) is 3.60. The minimum atomic E-state index is -1.06. The Bertz CT molecular complexity index is 301. The summed E-state index contributed by atoms with van der Waals surface area (Å²) in [6.45, 7) is 4.18. The first kappa shape index (κ1) is 14.0. The summed E-state index contributed by atoms with van der Waals surface area (Å²) in [5, 5.41) is 11.4. The van der Waals surface area contributed by atoms with E-state index in [9.17, 15) is 9.59 Å². The number of ether oxygens (including phenoxy) is 1. The zero-order valence-corrected chi connectivity index (χ0v) is 10.7. The van der Waals surface area contributed by atoms with Crippen molar-refractivity contribution in [3.05, 3.63) is 0 Å². The highest BCUT2D eigenvalue weighted by atomic mass is 16.5. The fourth-order valence-electron chi connectivity index (χ4n) is 2.40. The van der Waals surface area contributed by atoms with Gasteiger partial charge >= 0.3 is 5.97 Å². The molecule has 5 nitrogen and oxygen atoms in total. The molecule has 0 radical (unpaired) electrons. The summed E-state index contributed by atoms with van der Waals surface area (Å²) in [6.07, 6.45) is 2.00. The molecule has 98 valence electrons. The van der Waals surface area contributed by atoms with Crippen molar-refractivity contribution in [1.29, 1.82) is 0 Å². The van der Waals surface area contributed by atoms with Crippen molar-refractivity contribution in [2.45, 2.75) is 39.2 Å². The van der Waals surface area contributed by atoms with E-state index in [1.54, 1.807) is 0 Å². The normalized spacial score (nSPS) is 24.3. The standard InChI is InChI=1S/C12H21NO4/c1-12(2)6-4-5-8(12)10(14)13-7-9(17-3)11(15)16/h8-9H,4-7H2,1-3H3,(H,13,14)(H,15,16). The van der Waals surface area contributed by atoms with E-state index in [1.165, 1.54) is 7.11 Å². The molecule has 0 aliphatic heterocycles. The Morgan fingerprint density at radius 3 is 2.59 bits per heavy atom. The van der Waals surface area contributed by atoms with Gasteiger partial charge in [-0.3, -0.25) is 4.79 Å². The van der Waals surface area contributed by atoms with Gasteiger partial charge in [-0.05, 0) is 18.3 Å². The molecule has 0 spiro atoms. The first-order chi connectivity index (χ1) is 7.88. The van der Waals surface area contributed by atoms with Crippen LogP contribution in [0.4, 0.5) is 0 Å². The molecule has 1 fully saturated rings. The van der Waals surface area contributed by atoms with Gasteiger partial charge in [0.25, 0.3) is 0 Å². The molecule has 1 rings (SSSR count). The van der Waals surface area contributed by atoms with Crippen LogP contribution in [0.25, 0.3) is 0 Å². The smallest absolute Gasteiger partial charge is 0.334 e. The van der Waals surface area contributed by atoms with Crippen LogP contribution in [0.1, 0.15) is 33.1 Å². The van der Waals surface area contributed by atoms with E-state index in [1.807, 2.05) is 0 Å². The molecule has 0 bridgehead atoms. The number of hydrogen-bond acceptors (Lipinski definition) is 3. The van der Waals surface area contributed by atoms with Crippen molar-refractivity contribution in [3.63, 3.8) is 0 Å². The lowest BCUT2D eigenvalue weighted by molar-refractivity contribution is -0.148. The predicted octanol–water partition coefficient (Wildman–Crippen LogP) is 1.03. The summed E-state index contributed by atoms with van der Waals surface area (Å²) in [5.41, 5.74) is 0.00980. The number of carbonyl (C=O) groups excluding carboxylic acids is 1. The highest BCUT2D eigenvalue weighted by molar-refractivity contribution is 5.81. The number of carboxylic acids is 1. The van der Waals surface area contributed by atoms with Crippen molar-refractivity contribution in [1.82, 2.24) is 5.32 Å². The number of nitrogens with one attached hydrogen (secondary N) is 1. The Kier molecular flexibility index (Phi) is 4.51. The zero-order valence-electron chi connectivity index (χ0n) is 10.7. The second kappa shape index (κ2) is 5.49. The lowest BCUT2D eigenvalue weighted by Gasteiger charge is -2.26. The van der Waals surface area contributed by atoms with Crippen LogP contribution in [0.5, 0.6) is 0 Å². The van der Waals surface area contributed by atoms with Gasteiger partial charge in [0, 0.05) is 13.0 Å². The van der Waals surface area contributed by atoms with Crippen molar-refractivity contribution < 1.29 is 19.4 Å². The van der Waals surface area contributed by atoms with Crippen LogP contribution in [-0.2, 0) is 14.3 Å². The molecule has 0 heterocycles. The maximum Gasteiger partial charge on any atom is 0.334 e. The lowest BCUT2D eigenvalue weighted by Crippen LogP contribution is -2.42. The summed E-state index contributed by atoms with van der Waals surface area (Å²) in [4.78, 5) is 22.7. The van der Waals surface area contributed by atoms with Gasteiger partial charge in [-0.1, -0.05) is 20.3 Å². The summed E-state index contributed by atoms with van der Waals surface area (Å²) < 4.78 is 4.76. The summed E-state index contributed by atoms with van der Waals surface area (Å²) in [7, 11) is 1.32. The van der Waals surface area contributed by atoms with Gasteiger partial charge in [0.1, 0.15) is 0 Å². The molecular formula is C12H21NO4. The van der Waals surface area contributed by atoms with Crippen LogP contribution in [0.3, 0.4) is 0 Å². The van der Waals surface area contributed by atoms with Gasteiger partial charge in [-0.25, -0.2) is 4.79 Å². The SMILES string of the molecule is COC(CNC(=O)C1CCCC1(C)C)C(=O)O. The fourth-order valence-corrected chi connectivity index (χ4v) is 2.40. The zero-order chi connectivity index (χ0) is 13.1. The highest BCUT2D eigenvalue weighted by Gasteiger charge is 2.39. The maximum atomic E-state index is 11.9. The second-order valence-electron chi connectivity index (χ2n) is 5.24. The predicted molar refractivity (Wildman–Crippen MR) is 62.6 cm³/mol. The van der Waals surface area contributed by atoms with Crippen LogP contribution in [0, 0.1) is 11.3 Å². The molecule has 1 saturated carbocycles. The monoisotopic (exact) mass is 243 g/mol. The van der Waals surface area contributed by atoms with Gasteiger partial charge in [-0.15, -0.1) is 0 Å². The summed E-state index contributed by atoms with van der Waals surface area (Å²) in [6, 6.07) is 0. The average Bonchev–Trinajstić information content (AvgIpc) is 2.58. The fraction of sp³-hybridized carbons (Fsp3) is 0.833. The van der Waals surface area contributed by atoms with Gasteiger partial charge in [0.05, 0.1) is 6.54 Å². The van der Waals surface area contributed by atoms with Crippen molar-refractivity contribution in [2.24, 2.45) is 11.3 Å². The van der Waals surface area contributed by atoms with E-state index in [4.69, 9.17) is 9.84 Å². The Hall–Kier alpha value is -1.10. The van der Waals surface area contributed by atoms with Crippen LogP contribution < -0.4 is 5.32 Å². The van der Waals surface area contributed by atoms with Crippen LogP contribution in [0.15, 0.2) is 0 Å².